The van der Waals surface area contributed by atoms with Crippen LogP contribution in [0.5, 0.6) is 0 Å². The Morgan fingerprint density at radius 3 is 2.05 bits per heavy atom. The quantitative estimate of drug-likeness (QED) is 0.213. The second-order valence-corrected chi connectivity index (χ2v) is 11.2. The smallest absolute Gasteiger partial charge is 0.328 e. The summed E-state index contributed by atoms with van der Waals surface area (Å²) in [4.78, 5) is 25.8. The molecule has 0 bridgehead atoms. The number of benzene rings is 2. The first kappa shape index (κ1) is 31.4. The molecule has 0 amide bonds. The molecule has 3 aromatic rings. The van der Waals surface area contributed by atoms with Crippen molar-refractivity contribution in [1.82, 2.24) is 19.5 Å². The van der Waals surface area contributed by atoms with Crippen LogP contribution in [0.15, 0.2) is 96.2 Å². The Hall–Kier alpha value is -4.17. The summed E-state index contributed by atoms with van der Waals surface area (Å²) in [5.41, 5.74) is 2.99. The number of carboxylic acids is 2. The number of nitrogens with zero attached hydrogens (tertiary/aromatic N) is 3. The molecular formula is C28H31N5O6S2. The van der Waals surface area contributed by atoms with Crippen molar-refractivity contribution < 1.29 is 28.2 Å². The van der Waals surface area contributed by atoms with Crippen LogP contribution in [0.2, 0.25) is 0 Å². The molecule has 1 saturated heterocycles. The average molecular weight is 598 g/mol. The van der Waals surface area contributed by atoms with Crippen molar-refractivity contribution in [1.29, 1.82) is 0 Å². The number of nitrogens with one attached hydrogen (secondary N) is 2. The maximum Gasteiger partial charge on any atom is 0.328 e. The Bertz CT molecular complexity index is 1410. The molecule has 1 aromatic heterocycles. The molecule has 0 atom stereocenters. The molecule has 11 nitrogen and oxygen atoms in total. The third-order valence-electron chi connectivity index (χ3n) is 5.87. The highest BCUT2D eigenvalue weighted by Gasteiger charge is 2.28. The zero-order valence-electron chi connectivity index (χ0n) is 22.1. The van der Waals surface area contributed by atoms with Gasteiger partial charge in [0, 0.05) is 69.5 Å². The number of carboxylic acid groups (broad SMARTS) is 2. The predicted molar refractivity (Wildman–Crippen MR) is 159 cm³/mol. The van der Waals surface area contributed by atoms with Crippen LogP contribution in [0.3, 0.4) is 0 Å². The van der Waals surface area contributed by atoms with E-state index in [9.17, 15) is 18.0 Å². The number of aliphatic carboxylic acids is 2. The molecule has 13 heteroatoms. The lowest BCUT2D eigenvalue weighted by Crippen LogP contribution is -2.48. The highest BCUT2D eigenvalue weighted by Crippen LogP contribution is 2.20. The van der Waals surface area contributed by atoms with Crippen LogP contribution < -0.4 is 10.6 Å². The number of hydrogen-bond donors (Lipinski definition) is 4. The van der Waals surface area contributed by atoms with E-state index in [0.717, 1.165) is 17.8 Å². The summed E-state index contributed by atoms with van der Waals surface area (Å²) in [6.07, 6.45) is 4.61. The summed E-state index contributed by atoms with van der Waals surface area (Å²) in [5.74, 6) is -2.51. The fourth-order valence-electron chi connectivity index (χ4n) is 3.83. The second kappa shape index (κ2) is 15.6. The molecule has 41 heavy (non-hydrogen) atoms. The number of carbonyl (C=O) groups is 2. The van der Waals surface area contributed by atoms with Crippen LogP contribution in [0.25, 0.3) is 0 Å². The SMILES string of the molecule is O=C(O)/C=C\C(=O)O.O=S(=O)(c1ccc(NC(=S)NCc2cccnc2)cc1)N1CCN(Cc2ccccc2)CC1. The molecule has 0 aliphatic carbocycles. The van der Waals surface area contributed by atoms with Crippen LogP contribution >= 0.6 is 12.2 Å². The summed E-state index contributed by atoms with van der Waals surface area (Å²) in [6, 6.07) is 20.8. The largest absolute Gasteiger partial charge is 0.478 e. The first-order valence-electron chi connectivity index (χ1n) is 12.6. The van der Waals surface area contributed by atoms with Crippen molar-refractivity contribution in [3.8, 4) is 0 Å². The normalized spacial score (nSPS) is 14.0. The van der Waals surface area contributed by atoms with Crippen LogP contribution in [0, 0.1) is 0 Å². The highest BCUT2D eigenvalue weighted by atomic mass is 32.2. The van der Waals surface area contributed by atoms with Gasteiger partial charge < -0.3 is 20.8 Å². The Labute approximate surface area is 244 Å². The molecule has 1 fully saturated rings. The van der Waals surface area contributed by atoms with Crippen LogP contribution in [0.1, 0.15) is 11.1 Å². The third-order valence-corrected chi connectivity index (χ3v) is 8.03. The molecule has 0 saturated carbocycles. The summed E-state index contributed by atoms with van der Waals surface area (Å²) in [7, 11) is -3.53. The van der Waals surface area contributed by atoms with Crippen molar-refractivity contribution in [2.45, 2.75) is 18.0 Å². The first-order chi connectivity index (χ1) is 19.6. The lowest BCUT2D eigenvalue weighted by molar-refractivity contribution is -0.134. The predicted octanol–water partition coefficient (Wildman–Crippen LogP) is 2.79. The van der Waals surface area contributed by atoms with Crippen molar-refractivity contribution in [2.24, 2.45) is 0 Å². The fraction of sp³-hybridized carbons (Fsp3) is 0.214. The number of aromatic nitrogens is 1. The van der Waals surface area contributed by atoms with Crippen LogP contribution in [-0.2, 0) is 32.7 Å². The van der Waals surface area contributed by atoms with E-state index >= 15 is 0 Å². The van der Waals surface area contributed by atoms with Gasteiger partial charge >= 0.3 is 11.9 Å². The molecule has 0 radical (unpaired) electrons. The van der Waals surface area contributed by atoms with E-state index in [-0.39, 0.29) is 0 Å². The monoisotopic (exact) mass is 597 g/mol. The molecule has 216 valence electrons. The van der Waals surface area contributed by atoms with Gasteiger partial charge in [0.1, 0.15) is 0 Å². The Morgan fingerprint density at radius 2 is 1.49 bits per heavy atom. The van der Waals surface area contributed by atoms with E-state index in [2.05, 4.69) is 32.7 Å². The Balaban J connectivity index is 0.000000507. The van der Waals surface area contributed by atoms with E-state index in [1.807, 2.05) is 30.3 Å². The molecule has 2 aromatic carbocycles. The van der Waals surface area contributed by atoms with Gasteiger partial charge in [0.15, 0.2) is 5.11 Å². The Morgan fingerprint density at radius 1 is 0.878 bits per heavy atom. The van der Waals surface area contributed by atoms with Gasteiger partial charge in [-0.3, -0.25) is 9.88 Å². The zero-order chi connectivity index (χ0) is 29.7. The third kappa shape index (κ3) is 10.7. The molecule has 1 aliphatic rings. The van der Waals surface area contributed by atoms with Gasteiger partial charge in [0.25, 0.3) is 0 Å². The summed E-state index contributed by atoms with van der Waals surface area (Å²) < 4.78 is 27.7. The van der Waals surface area contributed by atoms with E-state index in [0.29, 0.717) is 54.9 Å². The minimum absolute atomic E-state index is 0.291. The standard InChI is InChI=1S/C24H27N5O2S2.C4H4O4/c30-33(31,29-15-13-28(14-16-29)19-20-5-2-1-3-6-20)23-10-8-22(9-11-23)27-24(32)26-18-21-7-4-12-25-17-21;5-3(6)1-2-4(7)8/h1-12,17H,13-16,18-19H2,(H2,26,27,32);1-2H,(H,5,6)(H,7,8)/b;2-1-. The molecular weight excluding hydrogens is 566 g/mol. The number of piperazine rings is 1. The number of thiocarbonyl (C=S) groups is 1. The zero-order valence-corrected chi connectivity index (χ0v) is 23.7. The average Bonchev–Trinajstić information content (AvgIpc) is 2.97. The van der Waals surface area contributed by atoms with Crippen molar-refractivity contribution in [2.75, 3.05) is 31.5 Å². The molecule has 0 spiro atoms. The number of pyridine rings is 1. The van der Waals surface area contributed by atoms with Crippen LogP contribution in [0.4, 0.5) is 5.69 Å². The van der Waals surface area contributed by atoms with Crippen LogP contribution in [-0.4, -0.2) is 76.1 Å². The lowest BCUT2D eigenvalue weighted by Gasteiger charge is -2.34. The maximum atomic E-state index is 13.1. The highest BCUT2D eigenvalue weighted by molar-refractivity contribution is 7.89. The Kier molecular flexibility index (Phi) is 11.9. The molecule has 0 unspecified atom stereocenters. The molecule has 2 heterocycles. The second-order valence-electron chi connectivity index (χ2n) is 8.87. The van der Waals surface area contributed by atoms with Gasteiger partial charge in [-0.2, -0.15) is 4.31 Å². The van der Waals surface area contributed by atoms with Gasteiger partial charge in [0.05, 0.1) is 4.90 Å². The van der Waals surface area contributed by atoms with Gasteiger partial charge in [-0.15, -0.1) is 0 Å². The van der Waals surface area contributed by atoms with E-state index in [4.69, 9.17) is 22.4 Å². The summed E-state index contributed by atoms with van der Waals surface area (Å²) >= 11 is 5.33. The van der Waals surface area contributed by atoms with Gasteiger partial charge in [-0.1, -0.05) is 36.4 Å². The van der Waals surface area contributed by atoms with Gasteiger partial charge in [-0.25, -0.2) is 18.0 Å². The number of rotatable bonds is 9. The van der Waals surface area contributed by atoms with Crippen molar-refractivity contribution in [3.05, 3.63) is 102 Å². The number of anilines is 1. The topological polar surface area (TPSA) is 152 Å². The number of sulfonamides is 1. The molecule has 4 rings (SSSR count). The first-order valence-corrected chi connectivity index (χ1v) is 14.4. The van der Waals surface area contributed by atoms with Crippen molar-refractivity contribution >= 4 is 45.0 Å². The lowest BCUT2D eigenvalue weighted by atomic mass is 10.2. The van der Waals surface area contributed by atoms with Gasteiger partial charge in [-0.05, 0) is 53.7 Å². The summed E-state index contributed by atoms with van der Waals surface area (Å²) in [6.45, 7) is 3.79. The van der Waals surface area contributed by atoms with E-state index in [1.54, 1.807) is 41.0 Å². The minimum Gasteiger partial charge on any atom is -0.478 e. The minimum atomic E-state index is -3.53. The number of hydrogen-bond acceptors (Lipinski definition) is 7. The van der Waals surface area contributed by atoms with Crippen molar-refractivity contribution in [3.63, 3.8) is 0 Å². The fourth-order valence-corrected chi connectivity index (χ4v) is 5.44. The molecule has 1 aliphatic heterocycles. The molecule has 4 N–H and O–H groups in total. The maximum absolute atomic E-state index is 13.1. The van der Waals surface area contributed by atoms with Gasteiger partial charge in [0.2, 0.25) is 10.0 Å². The van der Waals surface area contributed by atoms with E-state index < -0.39 is 22.0 Å². The summed E-state index contributed by atoms with van der Waals surface area (Å²) in [5, 5.41) is 22.3. The van der Waals surface area contributed by atoms with E-state index in [1.165, 1.54) is 5.56 Å².